The molecule has 0 fully saturated rings. The lowest BCUT2D eigenvalue weighted by atomic mass is 10.0. The van der Waals surface area contributed by atoms with E-state index in [1.807, 2.05) is 48.5 Å². The third kappa shape index (κ3) is 3.62. The highest BCUT2D eigenvalue weighted by molar-refractivity contribution is 5.94. The van der Waals surface area contributed by atoms with Crippen LogP contribution in [0.4, 0.5) is 0 Å². The quantitative estimate of drug-likeness (QED) is 0.703. The van der Waals surface area contributed by atoms with Crippen LogP contribution in [0, 0.1) is 6.92 Å². The predicted octanol–water partition coefficient (Wildman–Crippen LogP) is 3.62. The van der Waals surface area contributed by atoms with E-state index in [1.165, 1.54) is 4.57 Å². The Hall–Kier alpha value is -3.34. The van der Waals surface area contributed by atoms with Gasteiger partial charge in [-0.25, -0.2) is 4.79 Å². The summed E-state index contributed by atoms with van der Waals surface area (Å²) in [5.74, 6) is -0.960. The van der Waals surface area contributed by atoms with Gasteiger partial charge in [0.15, 0.2) is 0 Å². The van der Waals surface area contributed by atoms with Crippen molar-refractivity contribution in [1.82, 2.24) is 4.57 Å². The van der Waals surface area contributed by atoms with Crippen LogP contribution >= 0.6 is 0 Å². The first kappa shape index (κ1) is 18.5. The van der Waals surface area contributed by atoms with E-state index in [2.05, 4.69) is 0 Å². The Labute approximate surface area is 157 Å². The van der Waals surface area contributed by atoms with E-state index in [9.17, 15) is 14.7 Å². The Morgan fingerprint density at radius 3 is 2.22 bits per heavy atom. The summed E-state index contributed by atoms with van der Waals surface area (Å²) in [5, 5.41) is 10.8. The average Bonchev–Trinajstić information content (AvgIpc) is 2.67. The normalized spacial score (nSPS) is 10.6. The molecule has 0 saturated carbocycles. The lowest BCUT2D eigenvalue weighted by Crippen LogP contribution is -2.28. The van der Waals surface area contributed by atoms with E-state index in [0.29, 0.717) is 11.4 Å². The molecule has 0 atom stereocenters. The molecule has 0 saturated heterocycles. The highest BCUT2D eigenvalue weighted by Gasteiger charge is 2.25. The summed E-state index contributed by atoms with van der Waals surface area (Å²) in [4.78, 5) is 25.7. The number of aromatic nitrogens is 1. The molecule has 0 aliphatic rings. The lowest BCUT2D eigenvalue weighted by Gasteiger charge is -2.18. The maximum atomic E-state index is 13.2. The van der Waals surface area contributed by atoms with Gasteiger partial charge < -0.3 is 9.84 Å². The monoisotopic (exact) mass is 363 g/mol. The van der Waals surface area contributed by atoms with Gasteiger partial charge in [-0.1, -0.05) is 48.5 Å². The number of carbonyl (C=O) groups excluding carboxylic acids is 1. The number of carbonyl (C=O) groups is 1. The molecule has 1 aromatic heterocycles. The largest absolute Gasteiger partial charge is 0.506 e. The van der Waals surface area contributed by atoms with Gasteiger partial charge in [0.25, 0.3) is 5.56 Å². The fraction of sp³-hybridized carbons (Fsp3) is 0.182. The summed E-state index contributed by atoms with van der Waals surface area (Å²) in [5.41, 5.74) is 1.67. The first-order valence-electron chi connectivity index (χ1n) is 8.78. The minimum atomic E-state index is -0.647. The fourth-order valence-electron chi connectivity index (χ4n) is 3.12. The van der Waals surface area contributed by atoms with Crippen molar-refractivity contribution in [3.8, 4) is 11.4 Å². The number of rotatable bonds is 5. The van der Waals surface area contributed by atoms with Gasteiger partial charge in [0, 0.05) is 17.8 Å². The Morgan fingerprint density at radius 2 is 1.63 bits per heavy atom. The average molecular weight is 363 g/mol. The SMILES string of the molecule is CCOC(=O)c1c(O)c(Cc2ccccc2)c(=O)n(-c2ccccc2)c1C. The van der Waals surface area contributed by atoms with Crippen molar-refractivity contribution < 1.29 is 14.6 Å². The van der Waals surface area contributed by atoms with Crippen molar-refractivity contribution in [3.63, 3.8) is 0 Å². The summed E-state index contributed by atoms with van der Waals surface area (Å²) in [6, 6.07) is 18.4. The van der Waals surface area contributed by atoms with Crippen LogP contribution in [0.25, 0.3) is 5.69 Å². The number of nitrogens with zero attached hydrogens (tertiary/aromatic N) is 1. The second kappa shape index (κ2) is 7.91. The van der Waals surface area contributed by atoms with Crippen LogP contribution in [0.2, 0.25) is 0 Å². The molecule has 138 valence electrons. The molecular weight excluding hydrogens is 342 g/mol. The van der Waals surface area contributed by atoms with Crippen molar-refractivity contribution in [2.24, 2.45) is 0 Å². The van der Waals surface area contributed by atoms with Gasteiger partial charge in [-0.15, -0.1) is 0 Å². The Kier molecular flexibility index (Phi) is 5.41. The maximum absolute atomic E-state index is 13.2. The standard InChI is InChI=1S/C22H21NO4/c1-3-27-22(26)19-15(2)23(17-12-8-5-9-13-17)21(25)18(20(19)24)14-16-10-6-4-7-11-16/h4-13,24H,3,14H2,1-2H3. The van der Waals surface area contributed by atoms with Gasteiger partial charge in [0.1, 0.15) is 11.3 Å². The molecule has 0 aliphatic heterocycles. The molecule has 0 unspecified atom stereocenters. The molecule has 3 aromatic rings. The number of benzene rings is 2. The summed E-state index contributed by atoms with van der Waals surface area (Å²) in [7, 11) is 0. The van der Waals surface area contributed by atoms with Crippen molar-refractivity contribution in [3.05, 3.63) is 93.4 Å². The first-order valence-corrected chi connectivity index (χ1v) is 8.78. The number of hydrogen-bond acceptors (Lipinski definition) is 4. The topological polar surface area (TPSA) is 68.5 Å². The Morgan fingerprint density at radius 1 is 1.04 bits per heavy atom. The minimum absolute atomic E-state index is 0.0197. The molecule has 2 aromatic carbocycles. The number of hydrogen-bond donors (Lipinski definition) is 1. The van der Waals surface area contributed by atoms with Crippen LogP contribution in [0.15, 0.2) is 65.5 Å². The van der Waals surface area contributed by atoms with Crippen molar-refractivity contribution in [1.29, 1.82) is 0 Å². The molecule has 0 aliphatic carbocycles. The van der Waals surface area contributed by atoms with E-state index < -0.39 is 5.97 Å². The maximum Gasteiger partial charge on any atom is 0.343 e. The van der Waals surface area contributed by atoms with E-state index in [4.69, 9.17) is 4.74 Å². The van der Waals surface area contributed by atoms with E-state index in [0.717, 1.165) is 5.56 Å². The Balaban J connectivity index is 2.28. The molecule has 1 heterocycles. The number of para-hydroxylation sites is 1. The summed E-state index contributed by atoms with van der Waals surface area (Å²) in [6.45, 7) is 3.51. The van der Waals surface area contributed by atoms with Gasteiger partial charge in [-0.05, 0) is 31.5 Å². The molecule has 5 nitrogen and oxygen atoms in total. The highest BCUT2D eigenvalue weighted by Crippen LogP contribution is 2.27. The van der Waals surface area contributed by atoms with Gasteiger partial charge in [0.2, 0.25) is 0 Å². The molecule has 0 amide bonds. The van der Waals surface area contributed by atoms with Gasteiger partial charge in [-0.3, -0.25) is 9.36 Å². The zero-order valence-electron chi connectivity index (χ0n) is 15.3. The van der Waals surface area contributed by atoms with Crippen LogP contribution in [-0.4, -0.2) is 22.2 Å². The van der Waals surface area contributed by atoms with E-state index in [1.54, 1.807) is 26.0 Å². The highest BCUT2D eigenvalue weighted by atomic mass is 16.5. The van der Waals surface area contributed by atoms with Crippen LogP contribution in [0.3, 0.4) is 0 Å². The number of ether oxygens (including phenoxy) is 1. The molecular formula is C22H21NO4. The molecule has 0 bridgehead atoms. The van der Waals surface area contributed by atoms with Gasteiger partial charge in [0.05, 0.1) is 12.2 Å². The second-order valence-electron chi connectivity index (χ2n) is 6.15. The van der Waals surface area contributed by atoms with Crippen molar-refractivity contribution >= 4 is 5.97 Å². The zero-order chi connectivity index (χ0) is 19.4. The minimum Gasteiger partial charge on any atom is -0.506 e. The van der Waals surface area contributed by atoms with Crippen LogP contribution in [0.5, 0.6) is 5.75 Å². The van der Waals surface area contributed by atoms with Crippen LogP contribution in [0.1, 0.15) is 34.1 Å². The molecule has 3 rings (SSSR count). The molecule has 5 heteroatoms. The second-order valence-corrected chi connectivity index (χ2v) is 6.15. The van der Waals surface area contributed by atoms with Crippen molar-refractivity contribution in [2.75, 3.05) is 6.61 Å². The fourth-order valence-corrected chi connectivity index (χ4v) is 3.12. The van der Waals surface area contributed by atoms with E-state index >= 15 is 0 Å². The van der Waals surface area contributed by atoms with Gasteiger partial charge in [-0.2, -0.15) is 0 Å². The number of esters is 1. The summed E-state index contributed by atoms with van der Waals surface area (Å²) < 4.78 is 6.56. The van der Waals surface area contributed by atoms with Gasteiger partial charge >= 0.3 is 5.97 Å². The lowest BCUT2D eigenvalue weighted by molar-refractivity contribution is 0.0521. The van der Waals surface area contributed by atoms with Crippen LogP contribution in [-0.2, 0) is 11.2 Å². The number of aromatic hydroxyl groups is 1. The smallest absolute Gasteiger partial charge is 0.343 e. The van der Waals surface area contributed by atoms with Crippen LogP contribution < -0.4 is 5.56 Å². The molecule has 0 radical (unpaired) electrons. The third-order valence-electron chi connectivity index (χ3n) is 4.40. The zero-order valence-corrected chi connectivity index (χ0v) is 15.3. The number of pyridine rings is 1. The summed E-state index contributed by atoms with van der Waals surface area (Å²) in [6.07, 6.45) is 0.213. The Bertz CT molecular complexity index is 1010. The van der Waals surface area contributed by atoms with Crippen molar-refractivity contribution in [2.45, 2.75) is 20.3 Å². The first-order chi connectivity index (χ1) is 13.0. The van der Waals surface area contributed by atoms with E-state index in [-0.39, 0.29) is 35.5 Å². The predicted molar refractivity (Wildman–Crippen MR) is 104 cm³/mol. The third-order valence-corrected chi connectivity index (χ3v) is 4.40. The molecule has 0 spiro atoms. The summed E-state index contributed by atoms with van der Waals surface area (Å²) >= 11 is 0. The molecule has 1 N–H and O–H groups in total. The molecule has 27 heavy (non-hydrogen) atoms.